The van der Waals surface area contributed by atoms with Crippen LogP contribution in [-0.4, -0.2) is 17.0 Å². The summed E-state index contributed by atoms with van der Waals surface area (Å²) in [7, 11) is 0. The van der Waals surface area contributed by atoms with Gasteiger partial charge in [0.05, 0.1) is 16.9 Å². The summed E-state index contributed by atoms with van der Waals surface area (Å²) in [5, 5.41) is 5.16. The number of nitrogens with zero attached hydrogens (tertiary/aromatic N) is 1. The summed E-state index contributed by atoms with van der Waals surface area (Å²) in [6.07, 6.45) is 1.18. The highest BCUT2D eigenvalue weighted by molar-refractivity contribution is 8.14. The molecule has 0 spiro atoms. The second-order valence-corrected chi connectivity index (χ2v) is 6.84. The van der Waals surface area contributed by atoms with Gasteiger partial charge in [-0.1, -0.05) is 30.3 Å². The molecule has 0 amide bonds. The Balaban J connectivity index is 1.91. The largest absolute Gasteiger partial charge is 0.358 e. The molecule has 0 fully saturated rings. The van der Waals surface area contributed by atoms with E-state index in [2.05, 4.69) is 30.2 Å². The average Bonchev–Trinajstić information content (AvgIpc) is 2.87. The van der Waals surface area contributed by atoms with Crippen LogP contribution < -0.4 is 5.32 Å². The highest BCUT2D eigenvalue weighted by Gasteiger charge is 2.19. The number of hydrogen-bond acceptors (Lipinski definition) is 4. The lowest BCUT2D eigenvalue weighted by atomic mass is 10.3. The maximum atomic E-state index is 5.92. The fourth-order valence-corrected chi connectivity index (χ4v) is 3.62. The third kappa shape index (κ3) is 2.93. The Hall–Kier alpha value is -0.190. The number of thioether (sulfide) groups is 1. The van der Waals surface area contributed by atoms with Crippen LogP contribution in [0.5, 0.6) is 0 Å². The van der Waals surface area contributed by atoms with Crippen molar-refractivity contribution in [2.24, 2.45) is 4.99 Å². The van der Waals surface area contributed by atoms with E-state index in [0.717, 1.165) is 16.0 Å². The van der Waals surface area contributed by atoms with Crippen molar-refractivity contribution >= 4 is 39.9 Å². The van der Waals surface area contributed by atoms with Crippen molar-refractivity contribution in [3.05, 3.63) is 21.3 Å². The van der Waals surface area contributed by atoms with E-state index in [0.29, 0.717) is 11.3 Å². The Bertz CT molecular complexity index is 389. The first-order valence-electron chi connectivity index (χ1n) is 5.42. The van der Waals surface area contributed by atoms with E-state index in [9.17, 15) is 0 Å². The predicted molar refractivity (Wildman–Crippen MR) is 74.9 cm³/mol. The fraction of sp³-hybridized carbons (Fsp3) is 0.545. The van der Waals surface area contributed by atoms with Crippen LogP contribution in [0.4, 0.5) is 0 Å². The van der Waals surface area contributed by atoms with Gasteiger partial charge in [-0.05, 0) is 25.5 Å². The van der Waals surface area contributed by atoms with E-state index in [-0.39, 0.29) is 0 Å². The Morgan fingerprint density at radius 3 is 3.00 bits per heavy atom. The highest BCUT2D eigenvalue weighted by atomic mass is 35.5. The van der Waals surface area contributed by atoms with Crippen molar-refractivity contribution in [3.8, 4) is 0 Å². The van der Waals surface area contributed by atoms with Crippen molar-refractivity contribution in [3.63, 3.8) is 0 Å². The van der Waals surface area contributed by atoms with Gasteiger partial charge in [-0.25, -0.2) is 0 Å². The standard InChI is InChI=1S/C11H15ClN2S2/c1-3-8-6-13-11(15-8)14-7(2)9-4-5-10(12)16-9/h4-5,7-8H,3,6H2,1-2H3,(H,13,14). The molecule has 0 bridgehead atoms. The molecular weight excluding hydrogens is 260 g/mol. The van der Waals surface area contributed by atoms with E-state index in [4.69, 9.17) is 11.6 Å². The number of thiophene rings is 1. The van der Waals surface area contributed by atoms with Crippen LogP contribution in [-0.2, 0) is 0 Å². The zero-order chi connectivity index (χ0) is 11.5. The van der Waals surface area contributed by atoms with Crippen molar-refractivity contribution in [2.75, 3.05) is 6.54 Å². The maximum absolute atomic E-state index is 5.92. The number of aliphatic imine (C=N–C) groups is 1. The molecule has 2 atom stereocenters. The molecule has 0 aromatic carbocycles. The molecule has 0 saturated heterocycles. The van der Waals surface area contributed by atoms with Gasteiger partial charge in [0.2, 0.25) is 0 Å². The van der Waals surface area contributed by atoms with Gasteiger partial charge in [0.1, 0.15) is 0 Å². The van der Waals surface area contributed by atoms with Gasteiger partial charge in [-0.3, -0.25) is 4.99 Å². The number of halogens is 1. The lowest BCUT2D eigenvalue weighted by Crippen LogP contribution is -2.22. The molecule has 1 aromatic rings. The summed E-state index contributed by atoms with van der Waals surface area (Å²) in [5.41, 5.74) is 0. The quantitative estimate of drug-likeness (QED) is 0.903. The molecule has 1 aliphatic heterocycles. The number of amidine groups is 1. The van der Waals surface area contributed by atoms with E-state index < -0.39 is 0 Å². The van der Waals surface area contributed by atoms with Gasteiger partial charge in [-0.15, -0.1) is 11.3 Å². The number of hydrogen-bond donors (Lipinski definition) is 1. The summed E-state index contributed by atoms with van der Waals surface area (Å²) >= 11 is 9.40. The Labute approximate surface area is 109 Å². The second kappa shape index (κ2) is 5.43. The SMILES string of the molecule is CCC1CN=C(NC(C)c2ccc(Cl)s2)S1. The van der Waals surface area contributed by atoms with Crippen LogP contribution in [0.3, 0.4) is 0 Å². The van der Waals surface area contributed by atoms with Crippen LogP contribution in [0.25, 0.3) is 0 Å². The van der Waals surface area contributed by atoms with Crippen LogP contribution in [0, 0.1) is 0 Å². The topological polar surface area (TPSA) is 24.4 Å². The smallest absolute Gasteiger partial charge is 0.157 e. The first kappa shape index (κ1) is 12.3. The van der Waals surface area contributed by atoms with Gasteiger partial charge >= 0.3 is 0 Å². The second-order valence-electron chi connectivity index (χ2n) is 3.80. The monoisotopic (exact) mass is 274 g/mol. The Kier molecular flexibility index (Phi) is 4.16. The molecular formula is C11H15ClN2S2. The lowest BCUT2D eigenvalue weighted by Gasteiger charge is -2.13. The summed E-state index contributed by atoms with van der Waals surface area (Å²) in [6.45, 7) is 5.30. The normalized spacial score (nSPS) is 21.9. The number of nitrogens with one attached hydrogen (secondary N) is 1. The molecule has 1 aliphatic rings. The Morgan fingerprint density at radius 1 is 1.62 bits per heavy atom. The molecule has 2 rings (SSSR count). The zero-order valence-electron chi connectivity index (χ0n) is 9.37. The van der Waals surface area contributed by atoms with Crippen LogP contribution in [0.15, 0.2) is 17.1 Å². The molecule has 2 unspecified atom stereocenters. The minimum absolute atomic E-state index is 0.291. The van der Waals surface area contributed by atoms with Crippen molar-refractivity contribution < 1.29 is 0 Å². The fourth-order valence-electron chi connectivity index (χ4n) is 1.53. The average molecular weight is 275 g/mol. The van der Waals surface area contributed by atoms with Crippen molar-refractivity contribution in [1.82, 2.24) is 5.32 Å². The molecule has 1 aromatic heterocycles. The minimum atomic E-state index is 0.291. The van der Waals surface area contributed by atoms with E-state index in [1.165, 1.54) is 11.3 Å². The number of rotatable bonds is 3. The summed E-state index contributed by atoms with van der Waals surface area (Å²) in [5.74, 6) is 0. The summed E-state index contributed by atoms with van der Waals surface area (Å²) < 4.78 is 0.844. The van der Waals surface area contributed by atoms with Crippen LogP contribution in [0.2, 0.25) is 4.34 Å². The molecule has 0 radical (unpaired) electrons. The van der Waals surface area contributed by atoms with Crippen molar-refractivity contribution in [2.45, 2.75) is 31.6 Å². The summed E-state index contributed by atoms with van der Waals surface area (Å²) in [6, 6.07) is 4.31. The molecule has 1 N–H and O–H groups in total. The van der Waals surface area contributed by atoms with E-state index in [1.54, 1.807) is 11.3 Å². The van der Waals surface area contributed by atoms with Gasteiger partial charge in [0.25, 0.3) is 0 Å². The highest BCUT2D eigenvalue weighted by Crippen LogP contribution is 2.29. The predicted octanol–water partition coefficient (Wildman–Crippen LogP) is 3.93. The van der Waals surface area contributed by atoms with E-state index >= 15 is 0 Å². The van der Waals surface area contributed by atoms with Gasteiger partial charge in [0.15, 0.2) is 5.17 Å². The Morgan fingerprint density at radius 2 is 2.44 bits per heavy atom. The molecule has 2 heterocycles. The third-order valence-corrected chi connectivity index (χ3v) is 5.23. The van der Waals surface area contributed by atoms with Crippen molar-refractivity contribution in [1.29, 1.82) is 0 Å². The van der Waals surface area contributed by atoms with Gasteiger partial charge < -0.3 is 5.32 Å². The van der Waals surface area contributed by atoms with Gasteiger partial charge in [-0.2, -0.15) is 0 Å². The minimum Gasteiger partial charge on any atom is -0.358 e. The molecule has 16 heavy (non-hydrogen) atoms. The maximum Gasteiger partial charge on any atom is 0.157 e. The first-order valence-corrected chi connectivity index (χ1v) is 7.49. The lowest BCUT2D eigenvalue weighted by molar-refractivity contribution is 0.737. The van der Waals surface area contributed by atoms with Crippen LogP contribution >= 0.6 is 34.7 Å². The molecule has 0 saturated carbocycles. The molecule has 2 nitrogen and oxygen atoms in total. The third-order valence-electron chi connectivity index (χ3n) is 2.53. The van der Waals surface area contributed by atoms with Crippen LogP contribution in [0.1, 0.15) is 31.2 Å². The summed E-state index contributed by atoms with van der Waals surface area (Å²) in [4.78, 5) is 5.76. The molecule has 5 heteroatoms. The van der Waals surface area contributed by atoms with E-state index in [1.807, 2.05) is 17.8 Å². The zero-order valence-corrected chi connectivity index (χ0v) is 11.8. The molecule has 88 valence electrons. The van der Waals surface area contributed by atoms with Gasteiger partial charge in [0, 0.05) is 10.1 Å². The first-order chi connectivity index (χ1) is 7.69. The molecule has 0 aliphatic carbocycles.